The van der Waals surface area contributed by atoms with E-state index in [-0.39, 0.29) is 90.2 Å². The molecular formula is H6AgBCaLiNiSi. The van der Waals surface area contributed by atoms with Gasteiger partial charge in [0.1, 0.15) is 0 Å². The average molecular weight is 259 g/mol. The fourth-order valence-electron chi connectivity index (χ4n) is 0. The van der Waals surface area contributed by atoms with Gasteiger partial charge < -0.3 is 0 Å². The van der Waals surface area contributed by atoms with E-state index in [1.165, 1.54) is 0 Å². The van der Waals surface area contributed by atoms with Gasteiger partial charge >= 0.3 is 60.4 Å². The summed E-state index contributed by atoms with van der Waals surface area (Å²) in [5.74, 6) is 0. The summed E-state index contributed by atoms with van der Waals surface area (Å²) < 4.78 is 2.37. The van der Waals surface area contributed by atoms with Crippen molar-refractivity contribution in [2.75, 3.05) is 0 Å². The molecule has 37 valence electrons. The van der Waals surface area contributed by atoms with Crippen molar-refractivity contribution < 1.29 is 38.9 Å². The zero-order valence-corrected chi connectivity index (χ0v) is 10.0. The molecular weight excluding hydrogens is 252 g/mol. The topological polar surface area (TPSA) is 0 Å². The van der Waals surface area contributed by atoms with E-state index in [0.717, 1.165) is 0 Å². The Morgan fingerprint density at radius 2 is 1.50 bits per heavy atom. The van der Waals surface area contributed by atoms with Gasteiger partial charge in [0.2, 0.25) is 0 Å². The first kappa shape index (κ1) is 22.8. The third-order valence-corrected chi connectivity index (χ3v) is 0. The second kappa shape index (κ2) is 23.8. The molecule has 6 heavy (non-hydrogen) atoms. The van der Waals surface area contributed by atoms with Crippen molar-refractivity contribution in [1.82, 2.24) is 0 Å². The zero-order valence-electron chi connectivity index (χ0n) is 3.32. The van der Waals surface area contributed by atoms with Crippen LogP contribution < -0.4 is 0 Å². The van der Waals surface area contributed by atoms with Gasteiger partial charge in [0.05, 0.1) is 0 Å². The molecule has 0 aromatic rings. The molecule has 1 radical (unpaired) electrons. The maximum Gasteiger partial charge on any atom is 0 e. The Kier molecular flexibility index (Phi) is 90.3. The van der Waals surface area contributed by atoms with Crippen molar-refractivity contribution >= 4 is 60.4 Å². The molecule has 0 aliphatic carbocycles. The molecule has 0 saturated carbocycles. The van der Waals surface area contributed by atoms with Gasteiger partial charge in [-0.2, -0.15) is 0 Å². The van der Waals surface area contributed by atoms with Crippen molar-refractivity contribution in [2.24, 2.45) is 0 Å². The number of hydrogen-bond donors (Lipinski definition) is 0. The molecule has 0 amide bonds. The van der Waals surface area contributed by atoms with Crippen molar-refractivity contribution in [3.05, 3.63) is 0 Å². The molecule has 0 bridgehead atoms. The van der Waals surface area contributed by atoms with E-state index in [0.29, 0.717) is 0 Å². The fourth-order valence-corrected chi connectivity index (χ4v) is 0. The Morgan fingerprint density at radius 3 is 1.50 bits per heavy atom. The van der Waals surface area contributed by atoms with Crippen molar-refractivity contribution in [1.29, 1.82) is 0 Å². The third kappa shape index (κ3) is 26.3. The number of hydrogen-bond acceptors (Lipinski definition) is 0. The van der Waals surface area contributed by atoms with Crippen LogP contribution >= 0.6 is 0 Å². The molecule has 0 heterocycles. The van der Waals surface area contributed by atoms with E-state index in [1.807, 2.05) is 0 Å². The first-order valence-corrected chi connectivity index (χ1v) is 11.7. The van der Waals surface area contributed by atoms with Gasteiger partial charge in [-0.15, -0.1) is 0 Å². The average Bonchev–Trinajstić information content (AvgIpc) is 0.918. The molecule has 0 aliphatic rings. The Hall–Kier alpha value is 3.37. The van der Waals surface area contributed by atoms with Gasteiger partial charge in [0.15, 0.2) is 0 Å². The standard InChI is InChI=1S/Ag.BH2.Ca.Li.Ni.H3Si.H/h;1H2;;;;1H3;/q;+1;-1;;;;. The van der Waals surface area contributed by atoms with Crippen LogP contribution in [0.4, 0.5) is 0 Å². The summed E-state index contributed by atoms with van der Waals surface area (Å²) in [6, 6.07) is 0. The van der Waals surface area contributed by atoms with Crippen LogP contribution in [0.3, 0.4) is 0 Å². The summed E-state index contributed by atoms with van der Waals surface area (Å²) in [6.45, 7) is 0. The molecule has 0 aromatic carbocycles. The molecule has 0 spiro atoms. The Bertz CT molecular complexity index is 15.5. The minimum atomic E-state index is 0. The fraction of sp³-hybridized carbons (Fsp3) is 0. The van der Waals surface area contributed by atoms with E-state index in [2.05, 4.69) is 3.66 Å². The van der Waals surface area contributed by atoms with Crippen LogP contribution in [0.15, 0.2) is 0 Å². The van der Waals surface area contributed by atoms with E-state index in [4.69, 9.17) is 0 Å². The second-order valence-corrected chi connectivity index (χ2v) is 8.75. The first-order valence-electron chi connectivity index (χ1n) is 1.41. The maximum atomic E-state index is 2.37. The monoisotopic (exact) mass is 257 g/mol. The molecule has 0 aliphatic heterocycles. The number of rotatable bonds is 0. The van der Waals surface area contributed by atoms with Crippen LogP contribution in [0.25, 0.3) is 0 Å². The largest absolute Gasteiger partial charge is 0 e. The van der Waals surface area contributed by atoms with E-state index >= 15 is 0 Å². The maximum absolute atomic E-state index is 2.37. The second-order valence-electron chi connectivity index (χ2n) is 0.707. The van der Waals surface area contributed by atoms with Crippen molar-refractivity contribution in [3.8, 4) is 0 Å². The molecule has 0 saturated heterocycles. The molecule has 0 rings (SSSR count). The first-order chi connectivity index (χ1) is 1.41. The van der Waals surface area contributed by atoms with Gasteiger partial charge in [-0.05, 0) is 0 Å². The summed E-state index contributed by atoms with van der Waals surface area (Å²) in [4.78, 5) is 0. The van der Waals surface area contributed by atoms with Crippen LogP contribution in [-0.2, 0) is 38.9 Å². The quantitative estimate of drug-likeness (QED) is 0.403. The molecule has 0 nitrogen and oxygen atoms in total. The predicted octanol–water partition coefficient (Wildman–Crippen LogP) is -3.13. The summed E-state index contributed by atoms with van der Waals surface area (Å²) in [5, 5.41) is 1.56. The normalized spacial score (nSPS) is 2.00. The van der Waals surface area contributed by atoms with Gasteiger partial charge in [0.25, 0.3) is 0 Å². The molecule has 0 atom stereocenters. The van der Waals surface area contributed by atoms with Crippen LogP contribution in [0.1, 0.15) is 0 Å². The minimum Gasteiger partial charge on any atom is 0 e. The van der Waals surface area contributed by atoms with Crippen LogP contribution in [0, 0.1) is 0 Å². The summed E-state index contributed by atoms with van der Waals surface area (Å²) in [5.41, 5.74) is 0. The van der Waals surface area contributed by atoms with Gasteiger partial charge in [0, 0.05) is 38.9 Å². The van der Waals surface area contributed by atoms with Gasteiger partial charge in [-0.25, -0.2) is 0 Å². The van der Waals surface area contributed by atoms with E-state index in [9.17, 15) is 0 Å². The predicted molar refractivity (Wildman–Crippen MR) is 31.4 cm³/mol. The summed E-state index contributed by atoms with van der Waals surface area (Å²) >= 11 is 0.264. The summed E-state index contributed by atoms with van der Waals surface area (Å²) in [7, 11) is 0. The third-order valence-electron chi connectivity index (χ3n) is 0. The Balaban J connectivity index is -0.00000000667. The van der Waals surface area contributed by atoms with E-state index in [1.54, 1.807) is 5.38 Å². The van der Waals surface area contributed by atoms with Crippen LogP contribution in [-0.4, -0.2) is 60.4 Å². The SMILES string of the molecule is [Ag].[BH2][Ca][SiH3].[LiH].[Ni]. The molecule has 0 aromatic heterocycles. The minimum absolute atomic E-state index is 0. The van der Waals surface area contributed by atoms with Crippen LogP contribution in [0.2, 0.25) is 0 Å². The van der Waals surface area contributed by atoms with E-state index < -0.39 is 0 Å². The molecule has 0 unspecified atom stereocenters. The van der Waals surface area contributed by atoms with Gasteiger partial charge in [-0.1, -0.05) is 0 Å². The van der Waals surface area contributed by atoms with Crippen LogP contribution in [0.5, 0.6) is 0 Å². The molecule has 0 N–H and O–H groups in total. The van der Waals surface area contributed by atoms with Crippen molar-refractivity contribution in [3.63, 3.8) is 0 Å². The summed E-state index contributed by atoms with van der Waals surface area (Å²) in [6.07, 6.45) is 0. The Morgan fingerprint density at radius 1 is 1.50 bits per heavy atom. The van der Waals surface area contributed by atoms with Gasteiger partial charge in [-0.3, -0.25) is 0 Å². The smallest absolute Gasteiger partial charge is 0 e. The Labute approximate surface area is 97.0 Å². The van der Waals surface area contributed by atoms with Crippen molar-refractivity contribution in [2.45, 2.75) is 0 Å². The molecule has 6 heteroatoms. The molecule has 0 fully saturated rings. The zero-order chi connectivity index (χ0) is 2.71.